The van der Waals surface area contributed by atoms with E-state index in [2.05, 4.69) is 30.9 Å². The summed E-state index contributed by atoms with van der Waals surface area (Å²) in [6.07, 6.45) is 9.55. The lowest BCUT2D eigenvalue weighted by atomic mass is 9.90. The summed E-state index contributed by atoms with van der Waals surface area (Å²) in [5.74, 6) is 0.827. The van der Waals surface area contributed by atoms with Gasteiger partial charge in [0.1, 0.15) is 5.75 Å². The van der Waals surface area contributed by atoms with Crippen molar-refractivity contribution >= 4 is 5.57 Å². The van der Waals surface area contributed by atoms with E-state index in [4.69, 9.17) is 0 Å². The molecule has 0 spiro atoms. The van der Waals surface area contributed by atoms with Crippen molar-refractivity contribution in [3.63, 3.8) is 0 Å². The Bertz CT molecular complexity index is 507. The van der Waals surface area contributed by atoms with E-state index in [1.54, 1.807) is 0 Å². The normalized spacial score (nSPS) is 18.9. The number of aryl methyl sites for hydroxylation is 2. The van der Waals surface area contributed by atoms with Crippen LogP contribution in [0.2, 0.25) is 0 Å². The summed E-state index contributed by atoms with van der Waals surface area (Å²) in [5.41, 5.74) is 4.48. The topological polar surface area (TPSA) is 20.2 Å². The molecule has 0 saturated heterocycles. The summed E-state index contributed by atoms with van der Waals surface area (Å²) in [6.45, 7) is 7.77. The number of phenolic OH excluding ortho intramolecular Hbond substituents is 1. The maximum absolute atomic E-state index is 9.65. The Labute approximate surface area is 103 Å². The van der Waals surface area contributed by atoms with Crippen molar-refractivity contribution in [3.8, 4) is 5.75 Å². The van der Waals surface area contributed by atoms with Crippen LogP contribution in [0, 0.1) is 19.8 Å². The highest BCUT2D eigenvalue weighted by molar-refractivity contribution is 5.77. The van der Waals surface area contributed by atoms with Gasteiger partial charge in [0.15, 0.2) is 0 Å². The van der Waals surface area contributed by atoms with E-state index in [1.165, 1.54) is 11.1 Å². The molecule has 0 aliphatic heterocycles. The molecule has 0 fully saturated rings. The molecule has 1 aliphatic rings. The summed E-state index contributed by atoms with van der Waals surface area (Å²) < 4.78 is 0. The van der Waals surface area contributed by atoms with Gasteiger partial charge in [0.2, 0.25) is 0 Å². The summed E-state index contributed by atoms with van der Waals surface area (Å²) in [6, 6.07) is 3.88. The van der Waals surface area contributed by atoms with Gasteiger partial charge in [-0.3, -0.25) is 0 Å². The van der Waals surface area contributed by atoms with E-state index >= 15 is 0 Å². The average molecular weight is 226 g/mol. The molecule has 0 amide bonds. The zero-order valence-corrected chi connectivity index (χ0v) is 10.4. The standard InChI is InChI=1S/C16H18O/c1-4-13-5-7-14(8-6-13)15-9-12(3)16(17)10-11(15)2/h4-5,7-10,13,17H,1,6H2,2-3H3. The monoisotopic (exact) mass is 226 g/mol. The van der Waals surface area contributed by atoms with Crippen LogP contribution in [0.4, 0.5) is 0 Å². The highest BCUT2D eigenvalue weighted by Crippen LogP contribution is 2.30. The molecule has 1 atom stereocenters. The Hall–Kier alpha value is -1.76. The average Bonchev–Trinajstić information content (AvgIpc) is 2.34. The number of rotatable bonds is 2. The van der Waals surface area contributed by atoms with Gasteiger partial charge in [0.05, 0.1) is 0 Å². The van der Waals surface area contributed by atoms with Gasteiger partial charge in [-0.05, 0) is 60.6 Å². The largest absolute Gasteiger partial charge is 0.508 e. The Morgan fingerprint density at radius 1 is 1.29 bits per heavy atom. The van der Waals surface area contributed by atoms with E-state index in [0.717, 1.165) is 17.5 Å². The highest BCUT2D eigenvalue weighted by Gasteiger charge is 2.10. The smallest absolute Gasteiger partial charge is 0.118 e. The third kappa shape index (κ3) is 2.33. The van der Waals surface area contributed by atoms with Crippen molar-refractivity contribution in [1.82, 2.24) is 0 Å². The second-order valence-electron chi connectivity index (χ2n) is 4.61. The van der Waals surface area contributed by atoms with Gasteiger partial charge >= 0.3 is 0 Å². The minimum absolute atomic E-state index is 0.371. The molecule has 0 aromatic heterocycles. The van der Waals surface area contributed by atoms with Gasteiger partial charge in [-0.2, -0.15) is 0 Å². The minimum Gasteiger partial charge on any atom is -0.508 e. The van der Waals surface area contributed by atoms with Crippen molar-refractivity contribution in [2.24, 2.45) is 5.92 Å². The SMILES string of the molecule is C=CC1C=CC(c2cc(C)c(O)cc2C)=CC1. The molecule has 2 rings (SSSR count). The first-order valence-electron chi connectivity index (χ1n) is 5.93. The minimum atomic E-state index is 0.371. The van der Waals surface area contributed by atoms with Crippen LogP contribution in [0.5, 0.6) is 5.75 Å². The summed E-state index contributed by atoms with van der Waals surface area (Å²) in [4.78, 5) is 0. The van der Waals surface area contributed by atoms with Crippen molar-refractivity contribution < 1.29 is 5.11 Å². The molecule has 1 aromatic rings. The van der Waals surface area contributed by atoms with Crippen LogP contribution in [-0.2, 0) is 0 Å². The molecule has 1 aromatic carbocycles. The lowest BCUT2D eigenvalue weighted by Gasteiger charge is -2.15. The van der Waals surface area contributed by atoms with Crippen molar-refractivity contribution in [2.75, 3.05) is 0 Å². The lowest BCUT2D eigenvalue weighted by Crippen LogP contribution is -1.97. The van der Waals surface area contributed by atoms with Gasteiger partial charge in [-0.1, -0.05) is 24.3 Å². The predicted molar refractivity (Wildman–Crippen MR) is 73.0 cm³/mol. The summed E-state index contributed by atoms with van der Waals surface area (Å²) in [5, 5.41) is 9.65. The van der Waals surface area contributed by atoms with Crippen LogP contribution in [0.25, 0.3) is 5.57 Å². The molecule has 1 nitrogen and oxygen atoms in total. The molecule has 1 N–H and O–H groups in total. The number of hydrogen-bond donors (Lipinski definition) is 1. The third-order valence-electron chi connectivity index (χ3n) is 3.29. The second-order valence-corrected chi connectivity index (χ2v) is 4.61. The fourth-order valence-electron chi connectivity index (χ4n) is 2.12. The Balaban J connectivity index is 2.37. The third-order valence-corrected chi connectivity index (χ3v) is 3.29. The van der Waals surface area contributed by atoms with Crippen LogP contribution in [-0.4, -0.2) is 5.11 Å². The Morgan fingerprint density at radius 3 is 2.65 bits per heavy atom. The molecule has 0 bridgehead atoms. The van der Waals surface area contributed by atoms with Gasteiger partial charge in [0, 0.05) is 0 Å². The Morgan fingerprint density at radius 2 is 2.06 bits per heavy atom. The van der Waals surface area contributed by atoms with Crippen molar-refractivity contribution in [3.05, 3.63) is 59.7 Å². The maximum atomic E-state index is 9.65. The fourth-order valence-corrected chi connectivity index (χ4v) is 2.12. The van der Waals surface area contributed by atoms with E-state index in [9.17, 15) is 5.11 Å². The maximum Gasteiger partial charge on any atom is 0.118 e. The van der Waals surface area contributed by atoms with Gasteiger partial charge in [-0.15, -0.1) is 6.58 Å². The zero-order chi connectivity index (χ0) is 12.4. The molecule has 0 heterocycles. The summed E-state index contributed by atoms with van der Waals surface area (Å²) in [7, 11) is 0. The van der Waals surface area contributed by atoms with E-state index in [1.807, 2.05) is 26.0 Å². The fraction of sp³-hybridized carbons (Fsp3) is 0.250. The quantitative estimate of drug-likeness (QED) is 0.751. The van der Waals surface area contributed by atoms with Crippen LogP contribution in [0.3, 0.4) is 0 Å². The number of benzene rings is 1. The van der Waals surface area contributed by atoms with E-state index in [-0.39, 0.29) is 0 Å². The Kier molecular flexibility index (Phi) is 3.19. The lowest BCUT2D eigenvalue weighted by molar-refractivity contribution is 0.470. The van der Waals surface area contributed by atoms with Crippen LogP contribution in [0.1, 0.15) is 23.1 Å². The second kappa shape index (κ2) is 4.62. The molecule has 0 radical (unpaired) electrons. The first kappa shape index (κ1) is 11.7. The van der Waals surface area contributed by atoms with E-state index in [0.29, 0.717) is 11.7 Å². The number of allylic oxidation sites excluding steroid dienone is 5. The predicted octanol–water partition coefficient (Wildman–Crippen LogP) is 4.15. The number of aromatic hydroxyl groups is 1. The van der Waals surface area contributed by atoms with Crippen molar-refractivity contribution in [1.29, 1.82) is 0 Å². The summed E-state index contributed by atoms with van der Waals surface area (Å²) >= 11 is 0. The van der Waals surface area contributed by atoms with Crippen LogP contribution in [0.15, 0.2) is 43.0 Å². The molecular formula is C16H18O. The molecular weight excluding hydrogens is 208 g/mol. The first-order valence-corrected chi connectivity index (χ1v) is 5.93. The molecule has 0 saturated carbocycles. The number of hydrogen-bond acceptors (Lipinski definition) is 1. The molecule has 1 aliphatic carbocycles. The first-order chi connectivity index (χ1) is 8.11. The van der Waals surface area contributed by atoms with Crippen LogP contribution < -0.4 is 0 Å². The van der Waals surface area contributed by atoms with Gasteiger partial charge in [-0.25, -0.2) is 0 Å². The van der Waals surface area contributed by atoms with Gasteiger partial charge in [0.25, 0.3) is 0 Å². The molecule has 1 unspecified atom stereocenters. The molecule has 17 heavy (non-hydrogen) atoms. The molecule has 1 heteroatoms. The zero-order valence-electron chi connectivity index (χ0n) is 10.4. The number of phenols is 1. The van der Waals surface area contributed by atoms with E-state index < -0.39 is 0 Å². The van der Waals surface area contributed by atoms with Crippen LogP contribution >= 0.6 is 0 Å². The molecule has 88 valence electrons. The highest BCUT2D eigenvalue weighted by atomic mass is 16.3. The van der Waals surface area contributed by atoms with Gasteiger partial charge < -0.3 is 5.11 Å². The van der Waals surface area contributed by atoms with Crippen molar-refractivity contribution in [2.45, 2.75) is 20.3 Å².